The zero-order valence-electron chi connectivity index (χ0n) is 12.4. The van der Waals surface area contributed by atoms with Crippen LogP contribution in [-0.2, 0) is 9.59 Å². The second-order valence-electron chi connectivity index (χ2n) is 4.93. The minimum Gasteiger partial charge on any atom is -0.508 e. The van der Waals surface area contributed by atoms with Crippen molar-refractivity contribution in [3.05, 3.63) is 53.1 Å². The van der Waals surface area contributed by atoms with E-state index in [0.29, 0.717) is 5.56 Å². The monoisotopic (exact) mass is 350 g/mol. The average molecular weight is 351 g/mol. The van der Waals surface area contributed by atoms with E-state index in [0.717, 1.165) is 0 Å². The van der Waals surface area contributed by atoms with Crippen LogP contribution in [0.15, 0.2) is 42.5 Å². The fourth-order valence-corrected chi connectivity index (χ4v) is 2.04. The zero-order chi connectivity index (χ0) is 17.7. The fourth-order valence-electron chi connectivity index (χ4n) is 1.87. The number of phenolic OH excluding ortho intramolecular Hbond substituents is 2. The lowest BCUT2D eigenvalue weighted by Crippen LogP contribution is -2.37. The third kappa shape index (κ3) is 4.61. The summed E-state index contributed by atoms with van der Waals surface area (Å²) in [6.45, 7) is -0.196. The van der Waals surface area contributed by atoms with Gasteiger partial charge in [-0.05, 0) is 35.9 Å². The van der Waals surface area contributed by atoms with Crippen molar-refractivity contribution >= 4 is 29.1 Å². The minimum atomic E-state index is -1.04. The lowest BCUT2D eigenvalue weighted by atomic mass is 10.1. The molecule has 2 aromatic rings. The summed E-state index contributed by atoms with van der Waals surface area (Å²) in [4.78, 5) is 23.5. The first-order valence-corrected chi connectivity index (χ1v) is 7.29. The molecule has 0 unspecified atom stereocenters. The third-order valence-corrected chi connectivity index (χ3v) is 3.38. The van der Waals surface area contributed by atoms with Gasteiger partial charge in [-0.2, -0.15) is 0 Å². The Labute approximate surface area is 142 Å². The van der Waals surface area contributed by atoms with E-state index in [2.05, 4.69) is 10.6 Å². The van der Waals surface area contributed by atoms with Crippen LogP contribution in [0.4, 0.5) is 5.69 Å². The van der Waals surface area contributed by atoms with Crippen LogP contribution in [0.1, 0.15) is 11.7 Å². The lowest BCUT2D eigenvalue weighted by molar-refractivity contribution is -0.136. The molecule has 0 saturated heterocycles. The molecule has 0 saturated carbocycles. The molecule has 0 spiro atoms. The Morgan fingerprint density at radius 3 is 2.38 bits per heavy atom. The van der Waals surface area contributed by atoms with Crippen LogP contribution in [0.2, 0.25) is 5.02 Å². The molecular formula is C16H15ClN2O5. The lowest BCUT2D eigenvalue weighted by Gasteiger charge is -2.12. The molecule has 0 fully saturated rings. The first-order chi connectivity index (χ1) is 11.4. The standard InChI is InChI=1S/C16H15ClN2O5/c17-10-3-6-13(21)12(7-10)19-16(24)15(23)18-8-14(22)9-1-4-11(20)5-2-9/h1-7,14,20-22H,8H2,(H,18,23)(H,19,24)/t14-/m0/s1. The van der Waals surface area contributed by atoms with Crippen LogP contribution >= 0.6 is 11.6 Å². The molecule has 2 aromatic carbocycles. The first kappa shape index (κ1) is 17.6. The van der Waals surface area contributed by atoms with E-state index in [9.17, 15) is 24.9 Å². The number of carbonyl (C=O) groups excluding carboxylic acids is 2. The predicted molar refractivity (Wildman–Crippen MR) is 87.8 cm³/mol. The highest BCUT2D eigenvalue weighted by Crippen LogP contribution is 2.26. The molecule has 0 bridgehead atoms. The van der Waals surface area contributed by atoms with E-state index < -0.39 is 17.9 Å². The number of aliphatic hydroxyl groups is 1. The SMILES string of the molecule is O=C(NC[C@H](O)c1ccc(O)cc1)C(=O)Nc1cc(Cl)ccc1O. The Bertz CT molecular complexity index is 749. The number of amides is 2. The number of nitrogens with one attached hydrogen (secondary N) is 2. The molecule has 0 aliphatic rings. The summed E-state index contributed by atoms with van der Waals surface area (Å²) in [7, 11) is 0. The highest BCUT2D eigenvalue weighted by molar-refractivity contribution is 6.40. The van der Waals surface area contributed by atoms with Gasteiger partial charge in [-0.1, -0.05) is 23.7 Å². The van der Waals surface area contributed by atoms with Crippen LogP contribution in [0.25, 0.3) is 0 Å². The van der Waals surface area contributed by atoms with Gasteiger partial charge in [0.15, 0.2) is 0 Å². The molecule has 0 aliphatic heterocycles. The zero-order valence-corrected chi connectivity index (χ0v) is 13.1. The number of benzene rings is 2. The average Bonchev–Trinajstić information content (AvgIpc) is 2.56. The van der Waals surface area contributed by atoms with E-state index in [-0.39, 0.29) is 28.8 Å². The van der Waals surface area contributed by atoms with Gasteiger partial charge in [0.1, 0.15) is 11.5 Å². The predicted octanol–water partition coefficient (Wildman–Crippen LogP) is 1.54. The van der Waals surface area contributed by atoms with Gasteiger partial charge in [-0.15, -0.1) is 0 Å². The molecule has 5 N–H and O–H groups in total. The molecule has 1 atom stereocenters. The Hall–Kier alpha value is -2.77. The number of halogens is 1. The summed E-state index contributed by atoms with van der Waals surface area (Å²) in [5.74, 6) is -2.17. The van der Waals surface area contributed by atoms with Crippen molar-refractivity contribution in [1.82, 2.24) is 5.32 Å². The van der Waals surface area contributed by atoms with Crippen molar-refractivity contribution in [3.8, 4) is 11.5 Å². The molecule has 7 nitrogen and oxygen atoms in total. The smallest absolute Gasteiger partial charge is 0.313 e. The summed E-state index contributed by atoms with van der Waals surface area (Å²) in [6, 6.07) is 9.80. The van der Waals surface area contributed by atoms with Gasteiger partial charge in [0, 0.05) is 11.6 Å². The van der Waals surface area contributed by atoms with Gasteiger partial charge < -0.3 is 26.0 Å². The largest absolute Gasteiger partial charge is 0.508 e. The van der Waals surface area contributed by atoms with E-state index in [4.69, 9.17) is 11.6 Å². The van der Waals surface area contributed by atoms with E-state index >= 15 is 0 Å². The number of hydrogen-bond acceptors (Lipinski definition) is 5. The van der Waals surface area contributed by atoms with Gasteiger partial charge in [0.05, 0.1) is 11.8 Å². The van der Waals surface area contributed by atoms with E-state index in [1.54, 1.807) is 0 Å². The van der Waals surface area contributed by atoms with Gasteiger partial charge in [0.25, 0.3) is 0 Å². The molecule has 0 aliphatic carbocycles. The number of hydrogen-bond donors (Lipinski definition) is 5. The quantitative estimate of drug-likeness (QED) is 0.423. The molecule has 0 radical (unpaired) electrons. The van der Waals surface area contributed by atoms with Gasteiger partial charge in [-0.25, -0.2) is 0 Å². The number of anilines is 1. The van der Waals surface area contributed by atoms with Crippen LogP contribution in [0.5, 0.6) is 11.5 Å². The van der Waals surface area contributed by atoms with Crippen molar-refractivity contribution in [2.24, 2.45) is 0 Å². The van der Waals surface area contributed by atoms with E-state index in [1.807, 2.05) is 0 Å². The normalized spacial score (nSPS) is 11.6. The van der Waals surface area contributed by atoms with Crippen LogP contribution in [0, 0.1) is 0 Å². The number of phenols is 2. The number of rotatable bonds is 4. The first-order valence-electron chi connectivity index (χ1n) is 6.91. The number of aliphatic hydroxyl groups excluding tert-OH is 1. The van der Waals surface area contributed by atoms with Crippen molar-refractivity contribution in [2.75, 3.05) is 11.9 Å². The molecule has 8 heteroatoms. The molecule has 2 amide bonds. The van der Waals surface area contributed by atoms with Crippen LogP contribution < -0.4 is 10.6 Å². The Kier molecular flexibility index (Phi) is 5.62. The second-order valence-corrected chi connectivity index (χ2v) is 5.37. The molecular weight excluding hydrogens is 336 g/mol. The van der Waals surface area contributed by atoms with Gasteiger partial charge >= 0.3 is 11.8 Å². The highest BCUT2D eigenvalue weighted by atomic mass is 35.5. The maximum atomic E-state index is 11.8. The van der Waals surface area contributed by atoms with Crippen molar-refractivity contribution in [1.29, 1.82) is 0 Å². The number of carbonyl (C=O) groups is 2. The molecule has 24 heavy (non-hydrogen) atoms. The van der Waals surface area contributed by atoms with Crippen molar-refractivity contribution < 1.29 is 24.9 Å². The minimum absolute atomic E-state index is 0.00160. The van der Waals surface area contributed by atoms with Crippen molar-refractivity contribution in [2.45, 2.75) is 6.10 Å². The van der Waals surface area contributed by atoms with Crippen molar-refractivity contribution in [3.63, 3.8) is 0 Å². The maximum Gasteiger partial charge on any atom is 0.313 e. The maximum absolute atomic E-state index is 11.8. The molecule has 0 heterocycles. The summed E-state index contributed by atoms with van der Waals surface area (Å²) in [5.41, 5.74) is 0.475. The van der Waals surface area contributed by atoms with Crippen LogP contribution in [-0.4, -0.2) is 33.7 Å². The molecule has 2 rings (SSSR count). The molecule has 0 aromatic heterocycles. The Morgan fingerprint density at radius 1 is 1.04 bits per heavy atom. The summed E-state index contributed by atoms with van der Waals surface area (Å²) in [5, 5.41) is 33.5. The third-order valence-electron chi connectivity index (χ3n) is 3.15. The summed E-state index contributed by atoms with van der Waals surface area (Å²) >= 11 is 5.75. The van der Waals surface area contributed by atoms with Gasteiger partial charge in [-0.3, -0.25) is 9.59 Å². The Balaban J connectivity index is 1.90. The number of aromatic hydroxyl groups is 2. The Morgan fingerprint density at radius 2 is 1.71 bits per heavy atom. The summed E-state index contributed by atoms with van der Waals surface area (Å²) < 4.78 is 0. The topological polar surface area (TPSA) is 119 Å². The molecule has 126 valence electrons. The van der Waals surface area contributed by atoms with Crippen LogP contribution in [0.3, 0.4) is 0 Å². The second kappa shape index (κ2) is 7.67. The van der Waals surface area contributed by atoms with Gasteiger partial charge in [0.2, 0.25) is 0 Å². The summed E-state index contributed by atoms with van der Waals surface area (Å²) in [6.07, 6.45) is -1.04. The fraction of sp³-hybridized carbons (Fsp3) is 0.125. The van der Waals surface area contributed by atoms with E-state index in [1.165, 1.54) is 42.5 Å². The highest BCUT2D eigenvalue weighted by Gasteiger charge is 2.17.